The van der Waals surface area contributed by atoms with E-state index in [1.54, 1.807) is 27.0 Å². The van der Waals surface area contributed by atoms with Crippen LogP contribution in [0.5, 0.6) is 0 Å². The zero-order chi connectivity index (χ0) is 21.6. The van der Waals surface area contributed by atoms with Gasteiger partial charge in [-0.3, -0.25) is 9.59 Å². The van der Waals surface area contributed by atoms with E-state index in [-0.39, 0.29) is 16.5 Å². The Kier molecular flexibility index (Phi) is 5.22. The highest BCUT2D eigenvalue weighted by atomic mass is 32.2. The lowest BCUT2D eigenvalue weighted by molar-refractivity contribution is -0.121. The fraction of sp³-hybridized carbons (Fsp3) is 0.300. The second-order valence-electron chi connectivity index (χ2n) is 7.49. The van der Waals surface area contributed by atoms with Gasteiger partial charge in [0, 0.05) is 25.5 Å². The third-order valence-electron chi connectivity index (χ3n) is 5.02. The summed E-state index contributed by atoms with van der Waals surface area (Å²) >= 11 is 0. The van der Waals surface area contributed by atoms with Crippen molar-refractivity contribution < 1.29 is 22.4 Å². The highest BCUT2D eigenvalue weighted by Crippen LogP contribution is 2.41. The van der Waals surface area contributed by atoms with E-state index in [9.17, 15) is 22.4 Å². The number of nitrogens with zero attached hydrogens (tertiary/aromatic N) is 2. The molecule has 1 N–H and O–H groups in total. The number of halogens is 1. The molecule has 0 radical (unpaired) electrons. The van der Waals surface area contributed by atoms with Crippen LogP contribution in [-0.4, -0.2) is 45.2 Å². The van der Waals surface area contributed by atoms with Crippen LogP contribution in [0.2, 0.25) is 0 Å². The van der Waals surface area contributed by atoms with Crippen molar-refractivity contribution in [3.05, 3.63) is 53.8 Å². The number of hydrogen-bond acceptors (Lipinski definition) is 4. The van der Waals surface area contributed by atoms with Gasteiger partial charge < -0.3 is 10.2 Å². The van der Waals surface area contributed by atoms with Crippen molar-refractivity contribution in [3.63, 3.8) is 0 Å². The smallest absolute Gasteiger partial charge is 0.243 e. The molecule has 2 amide bonds. The van der Waals surface area contributed by atoms with Crippen LogP contribution in [0.25, 0.3) is 0 Å². The minimum atomic E-state index is -3.97. The molecule has 0 saturated heterocycles. The fourth-order valence-corrected chi connectivity index (χ4v) is 4.50. The molecule has 0 unspecified atom stereocenters. The van der Waals surface area contributed by atoms with E-state index in [2.05, 4.69) is 5.32 Å². The largest absolute Gasteiger partial charge is 0.325 e. The maximum Gasteiger partial charge on any atom is 0.243 e. The van der Waals surface area contributed by atoms with Crippen molar-refractivity contribution in [2.75, 3.05) is 30.9 Å². The van der Waals surface area contributed by atoms with Crippen molar-refractivity contribution in [1.29, 1.82) is 0 Å². The van der Waals surface area contributed by atoms with Crippen molar-refractivity contribution in [1.82, 2.24) is 4.31 Å². The molecule has 2 aromatic rings. The highest BCUT2D eigenvalue weighted by molar-refractivity contribution is 7.89. The number of sulfonamides is 1. The van der Waals surface area contributed by atoms with Crippen molar-refractivity contribution in [2.24, 2.45) is 0 Å². The standard InChI is InChI=1S/C20H22FN3O4S/c1-20(2)16-11-15(8-9-17(16)24(4)19(20)26)29(27,28)23(3)12-18(25)22-14-7-5-6-13(21)10-14/h5-11H,12H2,1-4H3,(H,22,25). The molecule has 0 aromatic heterocycles. The summed E-state index contributed by atoms with van der Waals surface area (Å²) in [5, 5.41) is 2.47. The second-order valence-corrected chi connectivity index (χ2v) is 9.53. The van der Waals surface area contributed by atoms with Crippen LogP contribution in [-0.2, 0) is 25.0 Å². The number of rotatable bonds is 5. The predicted molar refractivity (Wildman–Crippen MR) is 108 cm³/mol. The minimum Gasteiger partial charge on any atom is -0.325 e. The second kappa shape index (κ2) is 7.23. The van der Waals surface area contributed by atoms with Crippen LogP contribution in [0, 0.1) is 5.82 Å². The molecule has 0 fully saturated rings. The molecular formula is C20H22FN3O4S. The molecule has 0 aliphatic carbocycles. The van der Waals surface area contributed by atoms with Gasteiger partial charge in [-0.2, -0.15) is 4.31 Å². The zero-order valence-electron chi connectivity index (χ0n) is 16.6. The third kappa shape index (κ3) is 3.75. The maximum absolute atomic E-state index is 13.2. The van der Waals surface area contributed by atoms with Gasteiger partial charge in [0.25, 0.3) is 0 Å². The Morgan fingerprint density at radius 2 is 1.90 bits per heavy atom. The fourth-order valence-electron chi connectivity index (χ4n) is 3.35. The Morgan fingerprint density at radius 3 is 2.55 bits per heavy atom. The number of carbonyl (C=O) groups is 2. The van der Waals surface area contributed by atoms with Gasteiger partial charge in [-0.15, -0.1) is 0 Å². The summed E-state index contributed by atoms with van der Waals surface area (Å²) in [4.78, 5) is 26.1. The predicted octanol–water partition coefficient (Wildman–Crippen LogP) is 2.34. The van der Waals surface area contributed by atoms with Gasteiger partial charge in [0.15, 0.2) is 0 Å². The van der Waals surface area contributed by atoms with Gasteiger partial charge in [0.1, 0.15) is 5.82 Å². The minimum absolute atomic E-state index is 0.00604. The Morgan fingerprint density at radius 1 is 1.21 bits per heavy atom. The van der Waals surface area contributed by atoms with E-state index in [0.29, 0.717) is 11.3 Å². The summed E-state index contributed by atoms with van der Waals surface area (Å²) in [5.41, 5.74) is 0.666. The van der Waals surface area contributed by atoms with E-state index >= 15 is 0 Å². The molecule has 2 aromatic carbocycles. The monoisotopic (exact) mass is 419 g/mol. The number of likely N-dealkylation sites (N-methyl/N-ethyl adjacent to an activating group) is 2. The van der Waals surface area contributed by atoms with Crippen LogP contribution in [0.15, 0.2) is 47.4 Å². The van der Waals surface area contributed by atoms with Crippen LogP contribution >= 0.6 is 0 Å². The first-order chi connectivity index (χ1) is 13.4. The Hall–Kier alpha value is -2.78. The average molecular weight is 419 g/mol. The molecule has 3 rings (SSSR count). The normalized spacial score (nSPS) is 15.5. The Bertz CT molecular complexity index is 1100. The average Bonchev–Trinajstić information content (AvgIpc) is 2.82. The van der Waals surface area contributed by atoms with Crippen LogP contribution in [0.4, 0.5) is 15.8 Å². The van der Waals surface area contributed by atoms with Crippen LogP contribution < -0.4 is 10.2 Å². The van der Waals surface area contributed by atoms with Crippen molar-refractivity contribution in [2.45, 2.75) is 24.2 Å². The van der Waals surface area contributed by atoms with E-state index < -0.39 is 33.7 Å². The summed E-state index contributed by atoms with van der Waals surface area (Å²) in [6, 6.07) is 9.82. The number of fused-ring (bicyclic) bond motifs is 1. The SMILES string of the molecule is CN1C(=O)C(C)(C)c2cc(S(=O)(=O)N(C)CC(=O)Nc3cccc(F)c3)ccc21. The number of benzene rings is 2. The lowest BCUT2D eigenvalue weighted by atomic mass is 9.86. The van der Waals surface area contributed by atoms with Gasteiger partial charge >= 0.3 is 0 Å². The molecular weight excluding hydrogens is 397 g/mol. The number of nitrogens with one attached hydrogen (secondary N) is 1. The third-order valence-corrected chi connectivity index (χ3v) is 6.82. The van der Waals surface area contributed by atoms with Gasteiger partial charge in [-0.1, -0.05) is 6.07 Å². The van der Waals surface area contributed by atoms with E-state index in [1.807, 2.05) is 0 Å². The molecule has 0 spiro atoms. The Balaban J connectivity index is 1.81. The molecule has 1 aliphatic rings. The summed E-state index contributed by atoms with van der Waals surface area (Å²) < 4.78 is 40.0. The molecule has 154 valence electrons. The first kappa shape index (κ1) is 20.9. The van der Waals surface area contributed by atoms with E-state index in [1.165, 1.54) is 42.3 Å². The molecule has 0 saturated carbocycles. The lowest BCUT2D eigenvalue weighted by Crippen LogP contribution is -2.35. The summed E-state index contributed by atoms with van der Waals surface area (Å²) in [6.45, 7) is 3.03. The van der Waals surface area contributed by atoms with Crippen molar-refractivity contribution >= 4 is 33.2 Å². The first-order valence-electron chi connectivity index (χ1n) is 8.89. The molecule has 1 aliphatic heterocycles. The van der Waals surface area contributed by atoms with Gasteiger partial charge in [-0.05, 0) is 55.8 Å². The molecule has 7 nitrogen and oxygen atoms in total. The topological polar surface area (TPSA) is 86.8 Å². The number of carbonyl (C=O) groups excluding carboxylic acids is 2. The molecule has 9 heteroatoms. The highest BCUT2D eigenvalue weighted by Gasteiger charge is 2.43. The van der Waals surface area contributed by atoms with Gasteiger partial charge in [-0.25, -0.2) is 12.8 Å². The number of amides is 2. The van der Waals surface area contributed by atoms with Gasteiger partial charge in [0.05, 0.1) is 16.9 Å². The van der Waals surface area contributed by atoms with Crippen LogP contribution in [0.3, 0.4) is 0 Å². The summed E-state index contributed by atoms with van der Waals surface area (Å²) in [5.74, 6) is -1.23. The van der Waals surface area contributed by atoms with E-state index in [0.717, 1.165) is 10.4 Å². The Labute approximate surface area is 169 Å². The zero-order valence-corrected chi connectivity index (χ0v) is 17.4. The molecule has 0 bridgehead atoms. The maximum atomic E-state index is 13.2. The molecule has 0 atom stereocenters. The molecule has 29 heavy (non-hydrogen) atoms. The van der Waals surface area contributed by atoms with E-state index in [4.69, 9.17) is 0 Å². The quantitative estimate of drug-likeness (QED) is 0.806. The summed E-state index contributed by atoms with van der Waals surface area (Å²) in [6.07, 6.45) is 0. The number of hydrogen-bond donors (Lipinski definition) is 1. The summed E-state index contributed by atoms with van der Waals surface area (Å²) in [7, 11) is -1.04. The van der Waals surface area contributed by atoms with Crippen molar-refractivity contribution in [3.8, 4) is 0 Å². The lowest BCUT2D eigenvalue weighted by Gasteiger charge is -2.19. The number of anilines is 2. The first-order valence-corrected chi connectivity index (χ1v) is 10.3. The molecule has 1 heterocycles. The van der Waals surface area contributed by atoms with Gasteiger partial charge in [0.2, 0.25) is 21.8 Å². The van der Waals surface area contributed by atoms with Crippen LogP contribution in [0.1, 0.15) is 19.4 Å².